The molecule has 3 nitrogen and oxygen atoms in total. The average molecular weight is 747 g/mol. The van der Waals surface area contributed by atoms with Crippen molar-refractivity contribution in [1.82, 2.24) is 5.32 Å². The summed E-state index contributed by atoms with van der Waals surface area (Å²) in [4.78, 5) is 0. The first kappa shape index (κ1) is 37.0. The van der Waals surface area contributed by atoms with Crippen LogP contribution in [-0.4, -0.2) is 13.2 Å². The second-order valence-electron chi connectivity index (χ2n) is 16.3. The maximum Gasteiger partial charge on any atom is 0.123 e. The molecule has 5 atom stereocenters. The lowest BCUT2D eigenvalue weighted by Gasteiger charge is -2.29. The van der Waals surface area contributed by atoms with E-state index in [-0.39, 0.29) is 12.1 Å². The van der Waals surface area contributed by atoms with Crippen molar-refractivity contribution < 1.29 is 4.74 Å². The zero-order valence-electron chi connectivity index (χ0n) is 33.1. The molecule has 0 aromatic heterocycles. The standard InChI is InChI=1S/C54H54N2O/c1-55-52(36-44(39-16-6-3-7-17-39)27-26-38-14-4-2-5-15-38)41-30-28-40(29-31-41)42-18-12-20-46(34-42)48-22-8-10-24-51(48)56-47-21-13-19-43(35-47)45-32-33-50-49-23-9-11-25-53(49)57-54(50)37-45/h2-11,13-17,20-25,27-32,35,42-43,50,52,54-56H,12,18-19,26,33-34,36-37H2,1H3/b44-27+. The molecule has 1 heterocycles. The Kier molecular flexibility index (Phi) is 11.2. The van der Waals surface area contributed by atoms with Crippen LogP contribution in [0.5, 0.6) is 5.75 Å². The Hall–Kier alpha value is -5.64. The number of hydrogen-bond acceptors (Lipinski definition) is 3. The molecule has 5 unspecified atom stereocenters. The van der Waals surface area contributed by atoms with Gasteiger partial charge in [-0.15, -0.1) is 0 Å². The van der Waals surface area contributed by atoms with Crippen molar-refractivity contribution in [2.75, 3.05) is 12.4 Å². The Morgan fingerprint density at radius 3 is 2.40 bits per heavy atom. The number of para-hydroxylation sites is 2. The highest BCUT2D eigenvalue weighted by Crippen LogP contribution is 2.47. The lowest BCUT2D eigenvalue weighted by Crippen LogP contribution is -2.25. The molecule has 0 amide bonds. The van der Waals surface area contributed by atoms with E-state index in [4.69, 9.17) is 4.74 Å². The quantitative estimate of drug-likeness (QED) is 0.125. The summed E-state index contributed by atoms with van der Waals surface area (Å²) in [5.74, 6) is 2.46. The molecule has 286 valence electrons. The van der Waals surface area contributed by atoms with Gasteiger partial charge in [-0.25, -0.2) is 0 Å². The van der Waals surface area contributed by atoms with Crippen LogP contribution in [0.2, 0.25) is 0 Å². The first-order valence-electron chi connectivity index (χ1n) is 21.1. The van der Waals surface area contributed by atoms with Gasteiger partial charge in [0.15, 0.2) is 0 Å². The summed E-state index contributed by atoms with van der Waals surface area (Å²) >= 11 is 0. The third-order valence-electron chi connectivity index (χ3n) is 12.7. The Morgan fingerprint density at radius 1 is 0.789 bits per heavy atom. The zero-order chi connectivity index (χ0) is 38.4. The fraction of sp³-hybridized carbons (Fsp3) is 0.259. The summed E-state index contributed by atoms with van der Waals surface area (Å²) in [6.07, 6.45) is 23.0. The van der Waals surface area contributed by atoms with Crippen LogP contribution >= 0.6 is 0 Å². The first-order valence-corrected chi connectivity index (χ1v) is 21.1. The van der Waals surface area contributed by atoms with Crippen molar-refractivity contribution in [2.24, 2.45) is 5.92 Å². The second kappa shape index (κ2) is 17.2. The van der Waals surface area contributed by atoms with Crippen LogP contribution in [0.1, 0.15) is 96.2 Å². The summed E-state index contributed by atoms with van der Waals surface area (Å²) in [5.41, 5.74) is 14.8. The van der Waals surface area contributed by atoms with Crippen LogP contribution in [0.4, 0.5) is 5.69 Å². The van der Waals surface area contributed by atoms with E-state index in [9.17, 15) is 0 Å². The average Bonchev–Trinajstić information content (AvgIpc) is 3.66. The van der Waals surface area contributed by atoms with Gasteiger partial charge < -0.3 is 15.4 Å². The van der Waals surface area contributed by atoms with Gasteiger partial charge in [-0.2, -0.15) is 0 Å². The van der Waals surface area contributed by atoms with Crippen LogP contribution in [0.15, 0.2) is 181 Å². The number of benzene rings is 5. The van der Waals surface area contributed by atoms with Gasteiger partial charge in [0.1, 0.15) is 11.9 Å². The van der Waals surface area contributed by atoms with Gasteiger partial charge >= 0.3 is 0 Å². The highest BCUT2D eigenvalue weighted by molar-refractivity contribution is 5.78. The number of nitrogens with one attached hydrogen (secondary N) is 2. The molecule has 3 aliphatic carbocycles. The van der Waals surface area contributed by atoms with Crippen LogP contribution in [-0.2, 0) is 6.42 Å². The SMILES string of the molecule is CNC(C/C(=C\Cc1ccccc1)c1ccccc1)c1ccc(C2CCC=C(c3ccccc3NC3=CC(C4=CCC5c6ccccc6OC5C4)CC=C3)C2)cc1. The molecular formula is C54H54N2O. The number of allylic oxidation sites excluding steroid dienone is 7. The molecule has 0 saturated heterocycles. The lowest BCUT2D eigenvalue weighted by atomic mass is 9.78. The summed E-state index contributed by atoms with van der Waals surface area (Å²) in [6.45, 7) is 0. The maximum atomic E-state index is 6.44. The van der Waals surface area contributed by atoms with Gasteiger partial charge in [0.05, 0.1) is 0 Å². The number of hydrogen-bond donors (Lipinski definition) is 2. The van der Waals surface area contributed by atoms with Crippen molar-refractivity contribution in [3.63, 3.8) is 0 Å². The number of fused-ring (bicyclic) bond motifs is 3. The second-order valence-corrected chi connectivity index (χ2v) is 16.3. The largest absolute Gasteiger partial charge is 0.489 e. The van der Waals surface area contributed by atoms with Gasteiger partial charge in [0.25, 0.3) is 0 Å². The van der Waals surface area contributed by atoms with E-state index in [0.717, 1.165) is 50.7 Å². The Bertz CT molecular complexity index is 2310. The molecule has 5 aromatic carbocycles. The topological polar surface area (TPSA) is 33.3 Å². The Labute approximate surface area is 339 Å². The number of anilines is 1. The molecule has 5 aromatic rings. The third kappa shape index (κ3) is 8.41. The highest BCUT2D eigenvalue weighted by atomic mass is 16.5. The normalized spacial score (nSPS) is 22.0. The summed E-state index contributed by atoms with van der Waals surface area (Å²) < 4.78 is 6.44. The van der Waals surface area contributed by atoms with E-state index in [1.807, 2.05) is 0 Å². The monoisotopic (exact) mass is 746 g/mol. The van der Waals surface area contributed by atoms with Gasteiger partial charge in [0.2, 0.25) is 0 Å². The molecule has 0 saturated carbocycles. The van der Waals surface area contributed by atoms with Crippen LogP contribution in [0, 0.1) is 5.92 Å². The third-order valence-corrected chi connectivity index (χ3v) is 12.7. The molecule has 0 fully saturated rings. The highest BCUT2D eigenvalue weighted by Gasteiger charge is 2.37. The maximum absolute atomic E-state index is 6.44. The molecule has 0 spiro atoms. The van der Waals surface area contributed by atoms with E-state index in [1.165, 1.54) is 67.9 Å². The van der Waals surface area contributed by atoms with Gasteiger partial charge in [0, 0.05) is 46.8 Å². The molecule has 3 heteroatoms. The predicted molar refractivity (Wildman–Crippen MR) is 238 cm³/mol. The summed E-state index contributed by atoms with van der Waals surface area (Å²) in [7, 11) is 2.09. The van der Waals surface area contributed by atoms with Crippen molar-refractivity contribution in [3.05, 3.63) is 215 Å². The molecule has 0 bridgehead atoms. The van der Waals surface area contributed by atoms with Crippen molar-refractivity contribution >= 4 is 16.8 Å². The first-order chi connectivity index (χ1) is 28.2. The van der Waals surface area contributed by atoms with Crippen molar-refractivity contribution in [2.45, 2.75) is 75.3 Å². The summed E-state index contributed by atoms with van der Waals surface area (Å²) in [6, 6.07) is 48.9. The van der Waals surface area contributed by atoms with Crippen LogP contribution < -0.4 is 15.4 Å². The molecule has 0 radical (unpaired) electrons. The fourth-order valence-electron chi connectivity index (χ4n) is 9.60. The lowest BCUT2D eigenvalue weighted by molar-refractivity contribution is 0.195. The molecule has 4 aliphatic rings. The van der Waals surface area contributed by atoms with Crippen LogP contribution in [0.25, 0.3) is 11.1 Å². The van der Waals surface area contributed by atoms with Crippen molar-refractivity contribution in [3.8, 4) is 5.75 Å². The molecule has 1 aliphatic heterocycles. The zero-order valence-corrected chi connectivity index (χ0v) is 33.1. The molecule has 9 rings (SSSR count). The van der Waals surface area contributed by atoms with Crippen molar-refractivity contribution in [1.29, 1.82) is 0 Å². The van der Waals surface area contributed by atoms with E-state index in [0.29, 0.717) is 17.8 Å². The minimum atomic E-state index is 0.225. The molecule has 57 heavy (non-hydrogen) atoms. The number of rotatable bonds is 12. The van der Waals surface area contributed by atoms with E-state index >= 15 is 0 Å². The van der Waals surface area contributed by atoms with E-state index in [1.54, 1.807) is 0 Å². The van der Waals surface area contributed by atoms with Gasteiger partial charge in [-0.3, -0.25) is 0 Å². The molecular weight excluding hydrogens is 693 g/mol. The smallest absolute Gasteiger partial charge is 0.123 e. The Morgan fingerprint density at radius 2 is 1.56 bits per heavy atom. The summed E-state index contributed by atoms with van der Waals surface area (Å²) in [5, 5.41) is 7.51. The Balaban J connectivity index is 0.866. The van der Waals surface area contributed by atoms with E-state index < -0.39 is 0 Å². The van der Waals surface area contributed by atoms with Crippen LogP contribution in [0.3, 0.4) is 0 Å². The number of ether oxygens (including phenoxy) is 1. The van der Waals surface area contributed by atoms with Gasteiger partial charge in [-0.05, 0) is 110 Å². The molecule has 2 N–H and O–H groups in total. The van der Waals surface area contributed by atoms with Gasteiger partial charge in [-0.1, -0.05) is 157 Å². The fourth-order valence-corrected chi connectivity index (χ4v) is 9.60. The predicted octanol–water partition coefficient (Wildman–Crippen LogP) is 13.2. The minimum absolute atomic E-state index is 0.225. The minimum Gasteiger partial charge on any atom is -0.489 e. The van der Waals surface area contributed by atoms with E-state index in [2.05, 4.69) is 188 Å².